The SMILES string of the molecule is CN(C)CCNc1ccc2c(CN(CCO)CCO)nn3c4c(O)ccc(O)c4c(=O)c1c23. The molecule has 0 fully saturated rings. The van der Waals surface area contributed by atoms with Gasteiger partial charge in [-0.15, -0.1) is 0 Å². The molecule has 2 aromatic carbocycles. The maximum absolute atomic E-state index is 13.6. The van der Waals surface area contributed by atoms with E-state index in [0.717, 1.165) is 11.9 Å². The molecule has 0 bridgehead atoms. The molecule has 176 valence electrons. The third kappa shape index (κ3) is 4.13. The van der Waals surface area contributed by atoms with Crippen LogP contribution < -0.4 is 10.7 Å². The largest absolute Gasteiger partial charge is 0.507 e. The summed E-state index contributed by atoms with van der Waals surface area (Å²) in [6.45, 7) is 2.27. The number of fused-ring (bicyclic) bond motifs is 2. The van der Waals surface area contributed by atoms with E-state index in [1.165, 1.54) is 16.6 Å². The number of rotatable bonds is 10. The number of pyridine rings is 1. The molecule has 0 saturated heterocycles. The lowest BCUT2D eigenvalue weighted by Gasteiger charge is -2.18. The fraction of sp³-hybridized carbons (Fsp3) is 0.391. The Bertz CT molecular complexity index is 1330. The molecular weight excluding hydrogens is 426 g/mol. The molecule has 0 amide bonds. The van der Waals surface area contributed by atoms with Crippen molar-refractivity contribution in [3.05, 3.63) is 40.2 Å². The van der Waals surface area contributed by atoms with Crippen LogP contribution in [0.4, 0.5) is 5.69 Å². The highest BCUT2D eigenvalue weighted by atomic mass is 16.3. The quantitative estimate of drug-likeness (QED) is 0.172. The van der Waals surface area contributed by atoms with E-state index >= 15 is 0 Å². The van der Waals surface area contributed by atoms with Gasteiger partial charge in [0.05, 0.1) is 35.2 Å². The highest BCUT2D eigenvalue weighted by Crippen LogP contribution is 2.36. The summed E-state index contributed by atoms with van der Waals surface area (Å²) in [5, 5.41) is 49.0. The number of hydrogen-bond donors (Lipinski definition) is 5. The van der Waals surface area contributed by atoms with Gasteiger partial charge >= 0.3 is 0 Å². The number of nitrogens with one attached hydrogen (secondary N) is 1. The molecule has 2 aromatic heterocycles. The van der Waals surface area contributed by atoms with Crippen molar-refractivity contribution in [2.75, 3.05) is 58.8 Å². The molecule has 10 heteroatoms. The number of hydrogen-bond acceptors (Lipinski definition) is 9. The van der Waals surface area contributed by atoms with Crippen LogP contribution in [0.1, 0.15) is 5.69 Å². The molecule has 0 aliphatic carbocycles. The molecule has 0 atom stereocenters. The summed E-state index contributed by atoms with van der Waals surface area (Å²) in [7, 11) is 3.92. The summed E-state index contributed by atoms with van der Waals surface area (Å²) in [4.78, 5) is 17.5. The first-order valence-corrected chi connectivity index (χ1v) is 10.8. The van der Waals surface area contributed by atoms with Gasteiger partial charge in [-0.25, -0.2) is 4.52 Å². The Hall–Kier alpha value is -3.18. The summed E-state index contributed by atoms with van der Waals surface area (Å²) in [5.74, 6) is -0.389. The van der Waals surface area contributed by atoms with Crippen molar-refractivity contribution >= 4 is 32.9 Å². The van der Waals surface area contributed by atoms with Gasteiger partial charge < -0.3 is 30.6 Å². The van der Waals surface area contributed by atoms with Crippen LogP contribution in [-0.4, -0.2) is 93.3 Å². The maximum Gasteiger partial charge on any atom is 0.203 e. The lowest BCUT2D eigenvalue weighted by Crippen LogP contribution is -2.29. The molecule has 4 rings (SSSR count). The normalized spacial score (nSPS) is 12.2. The fourth-order valence-corrected chi connectivity index (χ4v) is 4.24. The number of anilines is 1. The number of phenolic OH excluding ortho intramolecular Hbond substituents is 2. The predicted molar refractivity (Wildman–Crippen MR) is 127 cm³/mol. The van der Waals surface area contributed by atoms with Crippen LogP contribution in [-0.2, 0) is 6.54 Å². The van der Waals surface area contributed by atoms with E-state index < -0.39 is 5.43 Å². The Morgan fingerprint density at radius 1 is 0.939 bits per heavy atom. The molecule has 5 N–H and O–H groups in total. The fourth-order valence-electron chi connectivity index (χ4n) is 4.24. The van der Waals surface area contributed by atoms with Crippen molar-refractivity contribution in [3.8, 4) is 11.5 Å². The average Bonchev–Trinajstić information content (AvgIpc) is 3.12. The van der Waals surface area contributed by atoms with Gasteiger partial charge in [0.2, 0.25) is 5.43 Å². The molecule has 0 spiro atoms. The van der Waals surface area contributed by atoms with Gasteiger partial charge in [-0.2, -0.15) is 5.10 Å². The first kappa shape index (κ1) is 23.0. The lowest BCUT2D eigenvalue weighted by atomic mass is 10.0. The molecular formula is C23H29N5O5. The van der Waals surface area contributed by atoms with Gasteiger partial charge in [0.15, 0.2) is 0 Å². The summed E-state index contributed by atoms with van der Waals surface area (Å²) in [6.07, 6.45) is 0. The zero-order chi connectivity index (χ0) is 23.7. The van der Waals surface area contributed by atoms with Crippen LogP contribution in [0, 0.1) is 0 Å². The predicted octanol–water partition coefficient (Wildman–Crippen LogP) is 0.610. The molecule has 10 nitrogen and oxygen atoms in total. The Morgan fingerprint density at radius 3 is 2.30 bits per heavy atom. The Labute approximate surface area is 190 Å². The van der Waals surface area contributed by atoms with E-state index in [2.05, 4.69) is 5.32 Å². The third-order valence-electron chi connectivity index (χ3n) is 5.80. The zero-order valence-electron chi connectivity index (χ0n) is 18.7. The molecule has 4 aromatic rings. The van der Waals surface area contributed by atoms with Crippen LogP contribution in [0.15, 0.2) is 29.1 Å². The van der Waals surface area contributed by atoms with Gasteiger partial charge in [-0.05, 0) is 38.4 Å². The minimum Gasteiger partial charge on any atom is -0.507 e. The van der Waals surface area contributed by atoms with Gasteiger partial charge in [0, 0.05) is 43.8 Å². The van der Waals surface area contributed by atoms with E-state index in [0.29, 0.717) is 48.5 Å². The standard InChI is InChI=1S/C23H29N5O5/c1-26(2)8-7-24-15-4-3-14-16(13-27(9-11-29)10-12-30)25-28-21(14)19(15)23(33)20-17(31)5-6-18(32)22(20)28/h3-6,24,29-32H,7-13H2,1-2H3. The van der Waals surface area contributed by atoms with E-state index in [4.69, 9.17) is 5.10 Å². The average molecular weight is 456 g/mol. The smallest absolute Gasteiger partial charge is 0.203 e. The Balaban J connectivity index is 1.99. The number of phenols is 2. The molecule has 0 radical (unpaired) electrons. The molecule has 33 heavy (non-hydrogen) atoms. The first-order valence-electron chi connectivity index (χ1n) is 10.8. The summed E-state index contributed by atoms with van der Waals surface area (Å²) < 4.78 is 1.51. The van der Waals surface area contributed by atoms with Gasteiger partial charge in [-0.3, -0.25) is 9.69 Å². The number of nitrogens with zero attached hydrogens (tertiary/aromatic N) is 4. The summed E-state index contributed by atoms with van der Waals surface area (Å²) in [6, 6.07) is 6.34. The lowest BCUT2D eigenvalue weighted by molar-refractivity contribution is 0.155. The third-order valence-corrected chi connectivity index (χ3v) is 5.80. The Morgan fingerprint density at radius 2 is 1.64 bits per heavy atom. The topological polar surface area (TPSA) is 134 Å². The highest BCUT2D eigenvalue weighted by molar-refractivity contribution is 6.10. The number of aliphatic hydroxyl groups excluding tert-OH is 2. The minimum atomic E-state index is -0.391. The second-order valence-electron chi connectivity index (χ2n) is 8.35. The molecule has 0 aliphatic rings. The van der Waals surface area contributed by atoms with Crippen LogP contribution >= 0.6 is 0 Å². The highest BCUT2D eigenvalue weighted by Gasteiger charge is 2.24. The van der Waals surface area contributed by atoms with Crippen molar-refractivity contribution < 1.29 is 20.4 Å². The summed E-state index contributed by atoms with van der Waals surface area (Å²) >= 11 is 0. The van der Waals surface area contributed by atoms with Gasteiger partial charge in [0.25, 0.3) is 0 Å². The van der Waals surface area contributed by atoms with E-state index in [9.17, 15) is 25.2 Å². The second-order valence-corrected chi connectivity index (χ2v) is 8.35. The summed E-state index contributed by atoms with van der Waals surface area (Å²) in [5.41, 5.74) is 1.56. The molecule has 2 heterocycles. The van der Waals surface area contributed by atoms with Crippen LogP contribution in [0.5, 0.6) is 11.5 Å². The van der Waals surface area contributed by atoms with E-state index in [1.54, 1.807) is 0 Å². The maximum atomic E-state index is 13.6. The minimum absolute atomic E-state index is 0.00267. The first-order chi connectivity index (χ1) is 15.9. The number of aromatic nitrogens is 2. The van der Waals surface area contributed by atoms with E-state index in [-0.39, 0.29) is 35.6 Å². The van der Waals surface area contributed by atoms with Gasteiger partial charge in [-0.1, -0.05) is 0 Å². The van der Waals surface area contributed by atoms with Crippen molar-refractivity contribution in [2.45, 2.75) is 6.54 Å². The van der Waals surface area contributed by atoms with E-state index in [1.807, 2.05) is 36.0 Å². The van der Waals surface area contributed by atoms with Crippen molar-refractivity contribution in [1.82, 2.24) is 19.4 Å². The van der Waals surface area contributed by atoms with Crippen molar-refractivity contribution in [2.24, 2.45) is 0 Å². The monoisotopic (exact) mass is 455 g/mol. The Kier molecular flexibility index (Phi) is 6.52. The molecule has 0 saturated carbocycles. The van der Waals surface area contributed by atoms with Crippen molar-refractivity contribution in [1.29, 1.82) is 0 Å². The number of likely N-dealkylation sites (N-methyl/N-ethyl adjacent to an activating group) is 1. The number of aliphatic hydroxyl groups is 2. The van der Waals surface area contributed by atoms with Crippen molar-refractivity contribution in [3.63, 3.8) is 0 Å². The number of aromatic hydroxyl groups is 2. The van der Waals surface area contributed by atoms with Crippen LogP contribution in [0.25, 0.3) is 27.2 Å². The van der Waals surface area contributed by atoms with Crippen LogP contribution in [0.2, 0.25) is 0 Å². The second kappa shape index (κ2) is 9.36. The van der Waals surface area contributed by atoms with Crippen LogP contribution in [0.3, 0.4) is 0 Å². The number of benzene rings is 2. The molecule has 0 aliphatic heterocycles. The zero-order valence-corrected chi connectivity index (χ0v) is 18.7. The molecule has 0 unspecified atom stereocenters. The van der Waals surface area contributed by atoms with Gasteiger partial charge in [0.1, 0.15) is 17.0 Å².